The van der Waals surface area contributed by atoms with E-state index < -0.39 is 29.0 Å². The number of phenols is 1. The minimum absolute atomic E-state index is 0.00384. The number of rotatable bonds is 3. The Morgan fingerprint density at radius 2 is 1.93 bits per heavy atom. The molecule has 0 unspecified atom stereocenters. The van der Waals surface area contributed by atoms with Crippen LogP contribution in [0.4, 0.5) is 4.39 Å². The van der Waals surface area contributed by atoms with Crippen molar-refractivity contribution < 1.29 is 34.3 Å². The summed E-state index contributed by atoms with van der Waals surface area (Å²) in [5.41, 5.74) is -0.739. The van der Waals surface area contributed by atoms with Crippen molar-refractivity contribution in [3.8, 4) is 11.5 Å². The van der Waals surface area contributed by atoms with E-state index in [9.17, 15) is 9.18 Å². The number of aliphatic hydroxyl groups is 3. The van der Waals surface area contributed by atoms with Crippen LogP contribution in [0, 0.1) is 5.82 Å². The standard InChI is InChI=1S/C8H7FO6/c9-7-4(3-10)6(2-1-5(7)11)15-8(12,13)14/h1-3,11-14H. The molecule has 82 valence electrons. The molecule has 0 fully saturated rings. The monoisotopic (exact) mass is 218 g/mol. The lowest BCUT2D eigenvalue weighted by Gasteiger charge is -2.16. The predicted molar refractivity (Wildman–Crippen MR) is 43.5 cm³/mol. The molecule has 0 aromatic heterocycles. The maximum Gasteiger partial charge on any atom is 0.453 e. The van der Waals surface area contributed by atoms with E-state index >= 15 is 0 Å². The molecule has 4 N–H and O–H groups in total. The third-order valence-corrected chi connectivity index (χ3v) is 1.48. The van der Waals surface area contributed by atoms with Crippen molar-refractivity contribution in [3.63, 3.8) is 0 Å². The average molecular weight is 218 g/mol. The van der Waals surface area contributed by atoms with Crippen molar-refractivity contribution in [3.05, 3.63) is 23.5 Å². The molecule has 0 saturated carbocycles. The van der Waals surface area contributed by atoms with Gasteiger partial charge < -0.3 is 25.2 Å². The topological polar surface area (TPSA) is 107 Å². The number of carbonyl (C=O) groups excluding carboxylic acids is 1. The number of aromatic hydroxyl groups is 1. The number of phenolic OH excluding ortho intramolecular Hbond substituents is 1. The lowest BCUT2D eigenvalue weighted by atomic mass is 10.2. The molecule has 0 radical (unpaired) electrons. The summed E-state index contributed by atoms with van der Waals surface area (Å²) in [6, 6.07) is 1.71. The summed E-state index contributed by atoms with van der Waals surface area (Å²) in [5, 5.41) is 34.2. The Bertz CT molecular complexity index is 383. The SMILES string of the molecule is O=Cc1c(OC(O)(O)O)ccc(O)c1F. The lowest BCUT2D eigenvalue weighted by molar-refractivity contribution is -0.419. The first kappa shape index (κ1) is 11.4. The molecule has 0 heterocycles. The quantitative estimate of drug-likeness (QED) is 0.395. The molecule has 0 atom stereocenters. The maximum atomic E-state index is 13.0. The van der Waals surface area contributed by atoms with Gasteiger partial charge in [-0.2, -0.15) is 0 Å². The van der Waals surface area contributed by atoms with Gasteiger partial charge in [-0.3, -0.25) is 4.79 Å². The number of benzene rings is 1. The highest BCUT2D eigenvalue weighted by Crippen LogP contribution is 2.27. The minimum Gasteiger partial charge on any atom is -0.505 e. The van der Waals surface area contributed by atoms with Crippen molar-refractivity contribution in [2.45, 2.75) is 6.16 Å². The first-order valence-corrected chi connectivity index (χ1v) is 3.68. The number of ether oxygens (including phenoxy) is 1. The Balaban J connectivity index is 3.19. The zero-order chi connectivity index (χ0) is 11.6. The number of carbonyl (C=O) groups is 1. The summed E-state index contributed by atoms with van der Waals surface area (Å²) in [5.74, 6) is -2.71. The predicted octanol–water partition coefficient (Wildman–Crippen LogP) is -0.689. The summed E-state index contributed by atoms with van der Waals surface area (Å²) in [7, 11) is 0. The van der Waals surface area contributed by atoms with E-state index in [1.807, 2.05) is 0 Å². The van der Waals surface area contributed by atoms with Gasteiger partial charge in [-0.05, 0) is 12.1 Å². The number of hydrogen-bond donors (Lipinski definition) is 4. The molecule has 0 aliphatic rings. The number of hydrogen-bond acceptors (Lipinski definition) is 6. The molecule has 1 aromatic carbocycles. The molecule has 0 aliphatic heterocycles. The van der Waals surface area contributed by atoms with E-state index in [-0.39, 0.29) is 6.29 Å². The van der Waals surface area contributed by atoms with Crippen molar-refractivity contribution >= 4 is 6.29 Å². The van der Waals surface area contributed by atoms with Gasteiger partial charge in [0.05, 0.1) is 5.56 Å². The molecule has 0 bridgehead atoms. The van der Waals surface area contributed by atoms with E-state index in [4.69, 9.17) is 20.4 Å². The molecule has 0 aliphatic carbocycles. The minimum atomic E-state index is -3.53. The second kappa shape index (κ2) is 3.81. The Morgan fingerprint density at radius 3 is 2.40 bits per heavy atom. The second-order valence-corrected chi connectivity index (χ2v) is 2.60. The maximum absolute atomic E-state index is 13.0. The van der Waals surface area contributed by atoms with Crippen LogP contribution in [0.3, 0.4) is 0 Å². The van der Waals surface area contributed by atoms with E-state index in [0.717, 1.165) is 12.1 Å². The van der Waals surface area contributed by atoms with Crippen LogP contribution in [0.15, 0.2) is 12.1 Å². The zero-order valence-corrected chi connectivity index (χ0v) is 7.22. The molecule has 0 saturated heterocycles. The summed E-state index contributed by atoms with van der Waals surface area (Å²) < 4.78 is 17.1. The number of aldehydes is 1. The van der Waals surface area contributed by atoms with Crippen LogP contribution in [0.1, 0.15) is 10.4 Å². The van der Waals surface area contributed by atoms with Crippen LogP contribution < -0.4 is 4.74 Å². The van der Waals surface area contributed by atoms with Gasteiger partial charge in [0.1, 0.15) is 5.75 Å². The van der Waals surface area contributed by atoms with Gasteiger partial charge in [0.2, 0.25) is 0 Å². The summed E-state index contributed by atoms with van der Waals surface area (Å²) >= 11 is 0. The molecular formula is C8H7FO6. The summed E-state index contributed by atoms with van der Waals surface area (Å²) in [6.45, 7) is 0. The van der Waals surface area contributed by atoms with E-state index in [1.165, 1.54) is 0 Å². The van der Waals surface area contributed by atoms with Crippen LogP contribution in [0.25, 0.3) is 0 Å². The molecule has 6 nitrogen and oxygen atoms in total. The zero-order valence-electron chi connectivity index (χ0n) is 7.22. The third-order valence-electron chi connectivity index (χ3n) is 1.48. The fraction of sp³-hybridized carbons (Fsp3) is 0.125. The van der Waals surface area contributed by atoms with Crippen molar-refractivity contribution in [2.24, 2.45) is 0 Å². The Hall–Kier alpha value is -1.70. The van der Waals surface area contributed by atoms with Gasteiger partial charge in [-0.1, -0.05) is 0 Å². The van der Waals surface area contributed by atoms with E-state index in [1.54, 1.807) is 0 Å². The van der Waals surface area contributed by atoms with Crippen LogP contribution in [0.2, 0.25) is 0 Å². The molecule has 0 spiro atoms. The second-order valence-electron chi connectivity index (χ2n) is 2.60. The Morgan fingerprint density at radius 1 is 1.33 bits per heavy atom. The normalized spacial score (nSPS) is 11.2. The molecule has 15 heavy (non-hydrogen) atoms. The first-order chi connectivity index (χ1) is 6.85. The molecule has 0 amide bonds. The first-order valence-electron chi connectivity index (χ1n) is 3.68. The lowest BCUT2D eigenvalue weighted by Crippen LogP contribution is -2.35. The number of halogens is 1. The molecule has 7 heteroatoms. The Labute approximate surface area is 82.8 Å². The smallest absolute Gasteiger partial charge is 0.453 e. The Kier molecular flexibility index (Phi) is 2.89. The summed E-state index contributed by atoms with van der Waals surface area (Å²) in [6.07, 6.45) is -3.53. The van der Waals surface area contributed by atoms with Crippen molar-refractivity contribution in [2.75, 3.05) is 0 Å². The van der Waals surface area contributed by atoms with Crippen LogP contribution in [0.5, 0.6) is 11.5 Å². The van der Waals surface area contributed by atoms with Crippen LogP contribution in [-0.4, -0.2) is 32.9 Å². The molecule has 1 aromatic rings. The third kappa shape index (κ3) is 2.62. The van der Waals surface area contributed by atoms with E-state index in [2.05, 4.69) is 4.74 Å². The van der Waals surface area contributed by atoms with Crippen molar-refractivity contribution in [1.29, 1.82) is 0 Å². The van der Waals surface area contributed by atoms with Gasteiger partial charge >= 0.3 is 6.16 Å². The van der Waals surface area contributed by atoms with E-state index in [0.29, 0.717) is 0 Å². The van der Waals surface area contributed by atoms with Gasteiger partial charge in [0.25, 0.3) is 0 Å². The average Bonchev–Trinajstić information content (AvgIpc) is 2.10. The van der Waals surface area contributed by atoms with Gasteiger partial charge in [-0.15, -0.1) is 0 Å². The van der Waals surface area contributed by atoms with Crippen molar-refractivity contribution in [1.82, 2.24) is 0 Å². The van der Waals surface area contributed by atoms with Gasteiger partial charge in [-0.25, -0.2) is 4.39 Å². The van der Waals surface area contributed by atoms with Gasteiger partial charge in [0.15, 0.2) is 17.9 Å². The van der Waals surface area contributed by atoms with Crippen LogP contribution in [-0.2, 0) is 0 Å². The highest BCUT2D eigenvalue weighted by atomic mass is 19.1. The molecular weight excluding hydrogens is 211 g/mol. The fourth-order valence-electron chi connectivity index (χ4n) is 0.910. The molecule has 1 rings (SSSR count). The van der Waals surface area contributed by atoms with Gasteiger partial charge in [0, 0.05) is 0 Å². The highest BCUT2D eigenvalue weighted by molar-refractivity contribution is 5.80. The fourth-order valence-corrected chi connectivity index (χ4v) is 0.910. The van der Waals surface area contributed by atoms with Crippen LogP contribution >= 0.6 is 0 Å². The summed E-state index contributed by atoms with van der Waals surface area (Å²) in [4.78, 5) is 10.4. The largest absolute Gasteiger partial charge is 0.505 e. The highest BCUT2D eigenvalue weighted by Gasteiger charge is 2.24.